The van der Waals surface area contributed by atoms with Gasteiger partial charge < -0.3 is 14.6 Å². The molecular formula is C14H14F4O3. The number of hydrogen-bond acceptors (Lipinski definition) is 3. The third-order valence-electron chi connectivity index (χ3n) is 2.15. The second-order valence-corrected chi connectivity index (χ2v) is 3.93. The van der Waals surface area contributed by atoms with Crippen LogP contribution in [-0.2, 0) is 4.74 Å². The fraction of sp³-hybridized carbons (Fsp3) is 0.429. The lowest BCUT2D eigenvalue weighted by Crippen LogP contribution is -2.19. The van der Waals surface area contributed by atoms with Gasteiger partial charge in [-0.05, 0) is 12.1 Å². The van der Waals surface area contributed by atoms with E-state index in [-0.39, 0.29) is 32.0 Å². The number of ether oxygens (including phenoxy) is 2. The molecule has 0 bridgehead atoms. The molecule has 1 rings (SSSR count). The number of aliphatic hydroxyl groups excluding tert-OH is 1. The number of hydrogen-bond donors (Lipinski definition) is 1. The summed E-state index contributed by atoms with van der Waals surface area (Å²) in [5.41, 5.74) is 0.390. The predicted molar refractivity (Wildman–Crippen MR) is 67.3 cm³/mol. The molecule has 0 radical (unpaired) electrons. The van der Waals surface area contributed by atoms with E-state index in [1.165, 1.54) is 12.1 Å². The van der Waals surface area contributed by atoms with Crippen LogP contribution in [0.1, 0.15) is 12.0 Å². The Labute approximate surface area is 119 Å². The summed E-state index contributed by atoms with van der Waals surface area (Å²) in [5, 5.41) is 8.62. The minimum Gasteiger partial charge on any atom is -0.490 e. The molecule has 0 aromatic heterocycles. The third-order valence-corrected chi connectivity index (χ3v) is 2.15. The topological polar surface area (TPSA) is 38.7 Å². The molecule has 21 heavy (non-hydrogen) atoms. The van der Waals surface area contributed by atoms with Crippen molar-refractivity contribution >= 4 is 0 Å². The Balaban J connectivity index is 2.53. The molecule has 1 N–H and O–H groups in total. The lowest BCUT2D eigenvalue weighted by Gasteiger charge is -2.10. The third kappa shape index (κ3) is 7.54. The standard InChI is InChI=1S/C14H14F4O3/c15-12-5-4-11(3-1-2-6-19)13(9-12)21-8-7-20-10-14(16,17)18/h4-5,9,19H,2,6-8,10H2. The van der Waals surface area contributed by atoms with E-state index >= 15 is 0 Å². The van der Waals surface area contributed by atoms with E-state index in [4.69, 9.17) is 9.84 Å². The van der Waals surface area contributed by atoms with E-state index in [0.29, 0.717) is 5.56 Å². The summed E-state index contributed by atoms with van der Waals surface area (Å²) in [4.78, 5) is 0. The second kappa shape index (κ2) is 8.49. The number of halogens is 4. The van der Waals surface area contributed by atoms with Crippen LogP contribution in [0.3, 0.4) is 0 Å². The highest BCUT2D eigenvalue weighted by molar-refractivity contribution is 5.46. The van der Waals surface area contributed by atoms with Crippen molar-refractivity contribution in [2.24, 2.45) is 0 Å². The molecule has 0 saturated carbocycles. The van der Waals surface area contributed by atoms with Gasteiger partial charge in [-0.2, -0.15) is 13.2 Å². The normalized spacial score (nSPS) is 10.9. The van der Waals surface area contributed by atoms with Gasteiger partial charge in [-0.15, -0.1) is 0 Å². The maximum Gasteiger partial charge on any atom is 0.411 e. The van der Waals surface area contributed by atoms with Crippen molar-refractivity contribution in [3.8, 4) is 17.6 Å². The smallest absolute Gasteiger partial charge is 0.411 e. The van der Waals surface area contributed by atoms with Crippen LogP contribution in [0.15, 0.2) is 18.2 Å². The monoisotopic (exact) mass is 306 g/mol. The van der Waals surface area contributed by atoms with Gasteiger partial charge in [0.15, 0.2) is 0 Å². The molecule has 3 nitrogen and oxygen atoms in total. The number of alkyl halides is 3. The quantitative estimate of drug-likeness (QED) is 0.499. The number of benzene rings is 1. The summed E-state index contributed by atoms with van der Waals surface area (Å²) in [6.45, 7) is -1.90. The fourth-order valence-electron chi connectivity index (χ4n) is 1.33. The van der Waals surface area contributed by atoms with Crippen molar-refractivity contribution in [2.45, 2.75) is 12.6 Å². The predicted octanol–water partition coefficient (Wildman–Crippen LogP) is 2.52. The van der Waals surface area contributed by atoms with Crippen LogP contribution in [0, 0.1) is 17.7 Å². The van der Waals surface area contributed by atoms with E-state index in [1.807, 2.05) is 0 Å². The molecule has 0 saturated heterocycles. The maximum atomic E-state index is 13.1. The first-order valence-electron chi connectivity index (χ1n) is 6.09. The Morgan fingerprint density at radius 2 is 1.95 bits per heavy atom. The van der Waals surface area contributed by atoms with Gasteiger partial charge in [0.25, 0.3) is 0 Å². The lowest BCUT2D eigenvalue weighted by molar-refractivity contribution is -0.175. The highest BCUT2D eigenvalue weighted by atomic mass is 19.4. The van der Waals surface area contributed by atoms with Gasteiger partial charge >= 0.3 is 6.18 Å². The Bertz CT molecular complexity index is 503. The molecule has 0 fully saturated rings. The maximum absolute atomic E-state index is 13.1. The highest BCUT2D eigenvalue weighted by Gasteiger charge is 2.27. The average Bonchev–Trinajstić information content (AvgIpc) is 2.39. The minimum absolute atomic E-state index is 0.102. The van der Waals surface area contributed by atoms with Crippen molar-refractivity contribution in [1.82, 2.24) is 0 Å². The van der Waals surface area contributed by atoms with Crippen LogP contribution in [0.4, 0.5) is 17.6 Å². The van der Waals surface area contributed by atoms with Crippen LogP contribution < -0.4 is 4.74 Å². The van der Waals surface area contributed by atoms with Gasteiger partial charge in [-0.25, -0.2) is 4.39 Å². The number of rotatable bonds is 6. The summed E-state index contributed by atoms with van der Waals surface area (Å²) >= 11 is 0. The summed E-state index contributed by atoms with van der Waals surface area (Å²) in [6, 6.07) is 3.67. The Hall–Kier alpha value is -1.78. The molecular weight excluding hydrogens is 292 g/mol. The zero-order chi connectivity index (χ0) is 15.7. The molecule has 0 amide bonds. The van der Waals surface area contributed by atoms with E-state index in [9.17, 15) is 17.6 Å². The van der Waals surface area contributed by atoms with Crippen molar-refractivity contribution in [3.05, 3.63) is 29.6 Å². The Morgan fingerprint density at radius 3 is 2.62 bits per heavy atom. The molecule has 1 aromatic rings. The van der Waals surface area contributed by atoms with Crippen LogP contribution in [0.25, 0.3) is 0 Å². The first-order chi connectivity index (χ1) is 9.92. The molecule has 0 heterocycles. The van der Waals surface area contributed by atoms with Crippen molar-refractivity contribution in [3.63, 3.8) is 0 Å². The first kappa shape index (κ1) is 17.3. The second-order valence-electron chi connectivity index (χ2n) is 3.93. The fourth-order valence-corrected chi connectivity index (χ4v) is 1.33. The van der Waals surface area contributed by atoms with Gasteiger partial charge in [-0.1, -0.05) is 11.8 Å². The summed E-state index contributed by atoms with van der Waals surface area (Å²) in [5.74, 6) is 4.91. The average molecular weight is 306 g/mol. The minimum atomic E-state index is -4.39. The van der Waals surface area contributed by atoms with Gasteiger partial charge in [0, 0.05) is 12.5 Å². The SMILES string of the molecule is OCCC#Cc1ccc(F)cc1OCCOCC(F)(F)F. The zero-order valence-corrected chi connectivity index (χ0v) is 11.0. The Kier molecular flexibility index (Phi) is 6.99. The van der Waals surface area contributed by atoms with Crippen LogP contribution in [0.5, 0.6) is 5.75 Å². The van der Waals surface area contributed by atoms with E-state index < -0.39 is 18.6 Å². The number of aliphatic hydroxyl groups is 1. The molecule has 0 spiro atoms. The molecule has 0 atom stereocenters. The highest BCUT2D eigenvalue weighted by Crippen LogP contribution is 2.19. The summed E-state index contributed by atoms with van der Waals surface area (Å²) in [7, 11) is 0. The summed E-state index contributed by atoms with van der Waals surface area (Å²) in [6.07, 6.45) is -4.13. The van der Waals surface area contributed by atoms with Gasteiger partial charge in [0.1, 0.15) is 24.8 Å². The van der Waals surface area contributed by atoms with Gasteiger partial charge in [0.2, 0.25) is 0 Å². The molecule has 1 aromatic carbocycles. The first-order valence-corrected chi connectivity index (χ1v) is 6.09. The zero-order valence-electron chi connectivity index (χ0n) is 11.0. The van der Waals surface area contributed by atoms with E-state index in [1.54, 1.807) is 0 Å². The summed E-state index contributed by atoms with van der Waals surface area (Å²) < 4.78 is 58.2. The van der Waals surface area contributed by atoms with Crippen LogP contribution in [0.2, 0.25) is 0 Å². The van der Waals surface area contributed by atoms with E-state index in [2.05, 4.69) is 16.6 Å². The van der Waals surface area contributed by atoms with Crippen molar-refractivity contribution < 1.29 is 32.1 Å². The van der Waals surface area contributed by atoms with Gasteiger partial charge in [-0.3, -0.25) is 0 Å². The van der Waals surface area contributed by atoms with Crippen molar-refractivity contribution in [1.29, 1.82) is 0 Å². The molecule has 0 aliphatic heterocycles. The van der Waals surface area contributed by atoms with Crippen LogP contribution in [-0.4, -0.2) is 37.7 Å². The molecule has 7 heteroatoms. The largest absolute Gasteiger partial charge is 0.490 e. The molecule has 116 valence electrons. The molecule has 0 aliphatic carbocycles. The molecule has 0 aliphatic rings. The van der Waals surface area contributed by atoms with E-state index in [0.717, 1.165) is 6.07 Å². The lowest BCUT2D eigenvalue weighted by atomic mass is 10.2. The van der Waals surface area contributed by atoms with Gasteiger partial charge in [0.05, 0.1) is 18.8 Å². The van der Waals surface area contributed by atoms with Crippen LogP contribution >= 0.6 is 0 Å². The van der Waals surface area contributed by atoms with Crippen molar-refractivity contribution in [2.75, 3.05) is 26.4 Å². The Morgan fingerprint density at radius 1 is 1.19 bits per heavy atom. The molecule has 0 unspecified atom stereocenters.